The standard InChI is InChI=1S/C21H23NO5S/c1-15-9-10-19(13-16(15)2)21(24)17(3)27-20(23)14-22-28(25,26)12-11-18-7-5-4-6-8-18/h4-13,17,22H,14H2,1-3H3/b12-11+/t17-/m1/s1. The first kappa shape index (κ1) is 21.5. The molecule has 0 aliphatic heterocycles. The lowest BCUT2D eigenvalue weighted by Crippen LogP contribution is -2.33. The van der Waals surface area contributed by atoms with Crippen LogP contribution in [0.25, 0.3) is 6.08 Å². The average Bonchev–Trinajstić information content (AvgIpc) is 2.67. The van der Waals surface area contributed by atoms with E-state index in [0.29, 0.717) is 11.1 Å². The van der Waals surface area contributed by atoms with E-state index < -0.39 is 28.6 Å². The molecule has 0 amide bonds. The zero-order chi connectivity index (χ0) is 20.7. The van der Waals surface area contributed by atoms with Crippen LogP contribution in [0.5, 0.6) is 0 Å². The van der Waals surface area contributed by atoms with Gasteiger partial charge in [0.15, 0.2) is 6.10 Å². The SMILES string of the molecule is Cc1ccc(C(=O)[C@@H](C)OC(=O)CNS(=O)(=O)/C=C/c2ccccc2)cc1C. The molecule has 0 saturated carbocycles. The van der Waals surface area contributed by atoms with Crippen molar-refractivity contribution in [1.82, 2.24) is 4.72 Å². The molecule has 0 unspecified atom stereocenters. The molecule has 28 heavy (non-hydrogen) atoms. The Morgan fingerprint density at radius 3 is 2.39 bits per heavy atom. The number of hydrogen-bond donors (Lipinski definition) is 1. The van der Waals surface area contributed by atoms with Gasteiger partial charge in [-0.3, -0.25) is 9.59 Å². The third-order valence-electron chi connectivity index (χ3n) is 4.13. The molecule has 0 radical (unpaired) electrons. The van der Waals surface area contributed by atoms with Gasteiger partial charge in [0.1, 0.15) is 6.54 Å². The van der Waals surface area contributed by atoms with E-state index in [9.17, 15) is 18.0 Å². The van der Waals surface area contributed by atoms with Gasteiger partial charge in [-0.15, -0.1) is 0 Å². The third kappa shape index (κ3) is 6.44. The van der Waals surface area contributed by atoms with Gasteiger partial charge < -0.3 is 4.74 Å². The van der Waals surface area contributed by atoms with Crippen LogP contribution in [-0.2, 0) is 19.6 Å². The number of rotatable bonds is 8. The normalized spacial score (nSPS) is 12.7. The Labute approximate surface area is 165 Å². The highest BCUT2D eigenvalue weighted by atomic mass is 32.2. The molecule has 0 aromatic heterocycles. The molecule has 6 nitrogen and oxygen atoms in total. The molecule has 2 rings (SSSR count). The summed E-state index contributed by atoms with van der Waals surface area (Å²) in [5.74, 6) is -1.18. The van der Waals surface area contributed by atoms with E-state index in [4.69, 9.17) is 4.74 Å². The minimum Gasteiger partial charge on any atom is -0.453 e. The number of hydrogen-bond acceptors (Lipinski definition) is 5. The largest absolute Gasteiger partial charge is 0.453 e. The molecule has 1 atom stereocenters. The summed E-state index contributed by atoms with van der Waals surface area (Å²) >= 11 is 0. The summed E-state index contributed by atoms with van der Waals surface area (Å²) in [4.78, 5) is 24.3. The second kappa shape index (κ2) is 9.43. The smallest absolute Gasteiger partial charge is 0.321 e. The van der Waals surface area contributed by atoms with E-state index in [-0.39, 0.29) is 5.78 Å². The van der Waals surface area contributed by atoms with Gasteiger partial charge in [-0.2, -0.15) is 0 Å². The molecule has 0 bridgehead atoms. The number of esters is 1. The molecule has 0 heterocycles. The number of aryl methyl sites for hydroxylation is 2. The van der Waals surface area contributed by atoms with Gasteiger partial charge in [0, 0.05) is 11.0 Å². The second-order valence-corrected chi connectivity index (χ2v) is 8.03. The number of Topliss-reactive ketones (excluding diaryl/α,β-unsaturated/α-hetero) is 1. The predicted molar refractivity (Wildman–Crippen MR) is 108 cm³/mol. The van der Waals surface area contributed by atoms with Gasteiger partial charge in [-0.1, -0.05) is 42.5 Å². The maximum Gasteiger partial charge on any atom is 0.321 e. The first-order valence-corrected chi connectivity index (χ1v) is 10.3. The first-order chi connectivity index (χ1) is 13.2. The minimum atomic E-state index is -3.81. The summed E-state index contributed by atoms with van der Waals surface area (Å²) in [7, 11) is -3.81. The summed E-state index contributed by atoms with van der Waals surface area (Å²) in [6.07, 6.45) is 0.401. The molecule has 0 aliphatic rings. The molecule has 148 valence electrons. The highest BCUT2D eigenvalue weighted by Gasteiger charge is 2.20. The van der Waals surface area contributed by atoms with Crippen molar-refractivity contribution in [3.05, 3.63) is 76.2 Å². The number of sulfonamides is 1. The fourth-order valence-corrected chi connectivity index (χ4v) is 3.11. The summed E-state index contributed by atoms with van der Waals surface area (Å²) in [6, 6.07) is 14.1. The van der Waals surface area contributed by atoms with Gasteiger partial charge in [0.05, 0.1) is 0 Å². The molecule has 0 fully saturated rings. The molecule has 0 saturated heterocycles. The van der Waals surface area contributed by atoms with Crippen LogP contribution in [0, 0.1) is 13.8 Å². The molecular weight excluding hydrogens is 378 g/mol. The lowest BCUT2D eigenvalue weighted by molar-refractivity contribution is -0.144. The van der Waals surface area contributed by atoms with E-state index in [1.54, 1.807) is 36.4 Å². The van der Waals surface area contributed by atoms with Gasteiger partial charge in [-0.25, -0.2) is 13.1 Å². The molecule has 7 heteroatoms. The Bertz CT molecular complexity index is 981. The molecule has 1 N–H and O–H groups in total. The van der Waals surface area contributed by atoms with Crippen LogP contribution in [0.1, 0.15) is 34.0 Å². The molecule has 0 aliphatic carbocycles. The van der Waals surface area contributed by atoms with Crippen LogP contribution in [0.4, 0.5) is 0 Å². The van der Waals surface area contributed by atoms with Crippen LogP contribution >= 0.6 is 0 Å². The number of ketones is 1. The van der Waals surface area contributed by atoms with Gasteiger partial charge in [-0.05, 0) is 49.6 Å². The van der Waals surface area contributed by atoms with Crippen molar-refractivity contribution in [1.29, 1.82) is 0 Å². The number of benzene rings is 2. The lowest BCUT2D eigenvalue weighted by atomic mass is 10.0. The number of ether oxygens (including phenoxy) is 1. The van der Waals surface area contributed by atoms with Crippen LogP contribution < -0.4 is 4.72 Å². The van der Waals surface area contributed by atoms with Gasteiger partial charge in [0.2, 0.25) is 15.8 Å². The molecule has 2 aromatic rings. The highest BCUT2D eigenvalue weighted by Crippen LogP contribution is 2.13. The Morgan fingerprint density at radius 2 is 1.75 bits per heavy atom. The number of nitrogens with one attached hydrogen (secondary N) is 1. The molecular formula is C21H23NO5S. The van der Waals surface area contributed by atoms with E-state index in [0.717, 1.165) is 16.5 Å². The van der Waals surface area contributed by atoms with Crippen molar-refractivity contribution >= 4 is 27.9 Å². The van der Waals surface area contributed by atoms with Crippen LogP contribution in [0.15, 0.2) is 53.9 Å². The molecule has 2 aromatic carbocycles. The molecule has 0 spiro atoms. The second-order valence-electron chi connectivity index (χ2n) is 6.37. The van der Waals surface area contributed by atoms with Crippen molar-refractivity contribution < 1.29 is 22.7 Å². The minimum absolute atomic E-state index is 0.344. The van der Waals surface area contributed by atoms with E-state index in [1.807, 2.05) is 26.0 Å². The van der Waals surface area contributed by atoms with Crippen LogP contribution in [0.3, 0.4) is 0 Å². The third-order valence-corrected chi connectivity index (χ3v) is 5.17. The Kier molecular flexibility index (Phi) is 7.25. The lowest BCUT2D eigenvalue weighted by Gasteiger charge is -2.13. The quantitative estimate of drug-likeness (QED) is 0.542. The van der Waals surface area contributed by atoms with Gasteiger partial charge >= 0.3 is 5.97 Å². The fraction of sp³-hybridized carbons (Fsp3) is 0.238. The van der Waals surface area contributed by atoms with Crippen molar-refractivity contribution in [3.8, 4) is 0 Å². The van der Waals surface area contributed by atoms with Crippen molar-refractivity contribution in [3.63, 3.8) is 0 Å². The summed E-state index contributed by atoms with van der Waals surface area (Å²) in [5, 5.41) is 0.972. The number of carbonyl (C=O) groups excluding carboxylic acids is 2. The maximum absolute atomic E-state index is 12.4. The average molecular weight is 401 g/mol. The zero-order valence-electron chi connectivity index (χ0n) is 16.0. The zero-order valence-corrected chi connectivity index (χ0v) is 16.8. The Hall–Kier alpha value is -2.77. The van der Waals surface area contributed by atoms with Gasteiger partial charge in [0.25, 0.3) is 0 Å². The first-order valence-electron chi connectivity index (χ1n) is 8.72. The predicted octanol–water partition coefficient (Wildman–Crippen LogP) is 3.01. The van der Waals surface area contributed by atoms with Crippen molar-refractivity contribution in [2.24, 2.45) is 0 Å². The summed E-state index contributed by atoms with van der Waals surface area (Å²) in [5.41, 5.74) is 3.17. The topological polar surface area (TPSA) is 89.5 Å². The van der Waals surface area contributed by atoms with E-state index in [1.165, 1.54) is 13.0 Å². The van der Waals surface area contributed by atoms with E-state index >= 15 is 0 Å². The highest BCUT2D eigenvalue weighted by molar-refractivity contribution is 7.92. The number of carbonyl (C=O) groups is 2. The summed E-state index contributed by atoms with van der Waals surface area (Å²) < 4.78 is 31.1. The van der Waals surface area contributed by atoms with E-state index in [2.05, 4.69) is 4.72 Å². The van der Waals surface area contributed by atoms with Crippen LogP contribution in [-0.4, -0.2) is 32.8 Å². The Balaban J connectivity index is 1.89. The maximum atomic E-state index is 12.4. The van der Waals surface area contributed by atoms with Crippen molar-refractivity contribution in [2.75, 3.05) is 6.54 Å². The van der Waals surface area contributed by atoms with Crippen LogP contribution in [0.2, 0.25) is 0 Å². The van der Waals surface area contributed by atoms with Crippen molar-refractivity contribution in [2.45, 2.75) is 26.9 Å². The Morgan fingerprint density at radius 1 is 1.07 bits per heavy atom. The summed E-state index contributed by atoms with van der Waals surface area (Å²) in [6.45, 7) is 4.72. The fourth-order valence-electron chi connectivity index (χ4n) is 2.36. The monoisotopic (exact) mass is 401 g/mol.